The molecule has 2 heterocycles. The first-order valence-corrected chi connectivity index (χ1v) is 6.86. The van der Waals surface area contributed by atoms with Crippen LogP contribution in [-0.2, 0) is 6.61 Å². The molecule has 0 radical (unpaired) electrons. The number of aliphatic hydroxyl groups is 1. The zero-order valence-corrected chi connectivity index (χ0v) is 12.3. The molecule has 1 unspecified atom stereocenters. The summed E-state index contributed by atoms with van der Waals surface area (Å²) in [5, 5.41) is 13.9. The zero-order valence-electron chi connectivity index (χ0n) is 12.3. The number of aliphatic hydroxyl groups excluding tert-OH is 1. The van der Waals surface area contributed by atoms with Gasteiger partial charge in [0.15, 0.2) is 6.61 Å². The molecule has 0 fully saturated rings. The molecule has 0 spiro atoms. The SMILES string of the molecule is Cc1nc(COc2ccc3c(c2)OC(C)(C)CC3O)no1. The molecule has 0 amide bonds. The van der Waals surface area contributed by atoms with Gasteiger partial charge in [-0.25, -0.2) is 0 Å². The van der Waals surface area contributed by atoms with E-state index < -0.39 is 11.7 Å². The quantitative estimate of drug-likeness (QED) is 0.936. The van der Waals surface area contributed by atoms with Gasteiger partial charge in [-0.2, -0.15) is 4.98 Å². The van der Waals surface area contributed by atoms with Crippen molar-refractivity contribution < 1.29 is 19.1 Å². The number of benzene rings is 1. The van der Waals surface area contributed by atoms with Crippen LogP contribution in [0.5, 0.6) is 11.5 Å². The molecule has 1 aliphatic rings. The molecule has 1 atom stereocenters. The van der Waals surface area contributed by atoms with Crippen LogP contribution >= 0.6 is 0 Å². The highest BCUT2D eigenvalue weighted by atomic mass is 16.5. The minimum Gasteiger partial charge on any atom is -0.487 e. The van der Waals surface area contributed by atoms with E-state index in [1.54, 1.807) is 19.1 Å². The maximum absolute atomic E-state index is 10.1. The van der Waals surface area contributed by atoms with E-state index in [-0.39, 0.29) is 6.61 Å². The third kappa shape index (κ3) is 3.00. The molecule has 6 heteroatoms. The van der Waals surface area contributed by atoms with Crippen LogP contribution < -0.4 is 9.47 Å². The van der Waals surface area contributed by atoms with Gasteiger partial charge in [0.25, 0.3) is 0 Å². The summed E-state index contributed by atoms with van der Waals surface area (Å²) in [7, 11) is 0. The van der Waals surface area contributed by atoms with E-state index >= 15 is 0 Å². The lowest BCUT2D eigenvalue weighted by Gasteiger charge is -2.35. The highest BCUT2D eigenvalue weighted by Gasteiger charge is 2.32. The molecular weight excluding hydrogens is 272 g/mol. The summed E-state index contributed by atoms with van der Waals surface area (Å²) in [5.41, 5.74) is 0.396. The summed E-state index contributed by atoms with van der Waals surface area (Å²) in [6, 6.07) is 5.41. The number of aryl methyl sites for hydroxylation is 1. The Labute approximate surface area is 122 Å². The van der Waals surface area contributed by atoms with E-state index in [2.05, 4.69) is 10.1 Å². The molecule has 0 aliphatic carbocycles. The van der Waals surface area contributed by atoms with Crippen molar-refractivity contribution in [2.24, 2.45) is 0 Å². The summed E-state index contributed by atoms with van der Waals surface area (Å²) >= 11 is 0. The summed E-state index contributed by atoms with van der Waals surface area (Å²) in [6.45, 7) is 5.86. The second kappa shape index (κ2) is 5.04. The number of ether oxygens (including phenoxy) is 2. The fraction of sp³-hybridized carbons (Fsp3) is 0.467. The smallest absolute Gasteiger partial charge is 0.223 e. The van der Waals surface area contributed by atoms with Crippen molar-refractivity contribution in [3.63, 3.8) is 0 Å². The number of rotatable bonds is 3. The Kier molecular flexibility index (Phi) is 3.33. The number of fused-ring (bicyclic) bond motifs is 1. The molecule has 0 bridgehead atoms. The largest absolute Gasteiger partial charge is 0.487 e. The van der Waals surface area contributed by atoms with Gasteiger partial charge >= 0.3 is 0 Å². The minimum atomic E-state index is -0.516. The zero-order chi connectivity index (χ0) is 15.0. The fourth-order valence-corrected chi connectivity index (χ4v) is 2.43. The lowest BCUT2D eigenvalue weighted by atomic mass is 9.92. The normalized spacial score (nSPS) is 19.7. The molecule has 1 aliphatic heterocycles. The van der Waals surface area contributed by atoms with Crippen LogP contribution in [0.2, 0.25) is 0 Å². The van der Waals surface area contributed by atoms with E-state index in [9.17, 15) is 5.11 Å². The Morgan fingerprint density at radius 1 is 1.43 bits per heavy atom. The van der Waals surface area contributed by atoms with Gasteiger partial charge in [-0.3, -0.25) is 0 Å². The molecule has 0 saturated heterocycles. The van der Waals surface area contributed by atoms with Gasteiger partial charge in [-0.15, -0.1) is 0 Å². The average molecular weight is 290 g/mol. The lowest BCUT2D eigenvalue weighted by molar-refractivity contribution is 0.0113. The fourth-order valence-electron chi connectivity index (χ4n) is 2.43. The van der Waals surface area contributed by atoms with Crippen molar-refractivity contribution in [2.45, 2.75) is 45.5 Å². The van der Waals surface area contributed by atoms with Gasteiger partial charge in [0.2, 0.25) is 11.7 Å². The van der Waals surface area contributed by atoms with Gasteiger partial charge in [-0.1, -0.05) is 5.16 Å². The summed E-state index contributed by atoms with van der Waals surface area (Å²) in [4.78, 5) is 4.07. The maximum atomic E-state index is 10.1. The number of hydrogen-bond donors (Lipinski definition) is 1. The molecule has 21 heavy (non-hydrogen) atoms. The molecule has 2 aromatic rings. The number of aromatic nitrogens is 2. The summed E-state index contributed by atoms with van der Waals surface area (Å²) in [5.74, 6) is 2.29. The third-order valence-corrected chi connectivity index (χ3v) is 3.35. The Balaban J connectivity index is 1.76. The predicted octanol–water partition coefficient (Wildman–Crippen LogP) is 2.55. The summed E-state index contributed by atoms with van der Waals surface area (Å²) in [6.07, 6.45) is 0.0557. The molecular formula is C15H18N2O4. The summed E-state index contributed by atoms with van der Waals surface area (Å²) < 4.78 is 16.4. The van der Waals surface area contributed by atoms with Crippen molar-refractivity contribution in [2.75, 3.05) is 0 Å². The van der Waals surface area contributed by atoms with E-state index in [0.717, 1.165) is 5.56 Å². The van der Waals surface area contributed by atoms with Gasteiger partial charge < -0.3 is 19.1 Å². The maximum Gasteiger partial charge on any atom is 0.223 e. The lowest BCUT2D eigenvalue weighted by Crippen LogP contribution is -2.34. The first-order chi connectivity index (χ1) is 9.93. The Morgan fingerprint density at radius 3 is 2.95 bits per heavy atom. The highest BCUT2D eigenvalue weighted by Crippen LogP contribution is 2.41. The average Bonchev–Trinajstić information content (AvgIpc) is 2.80. The number of nitrogens with zero attached hydrogens (tertiary/aromatic N) is 2. The van der Waals surface area contributed by atoms with E-state index in [1.165, 1.54) is 0 Å². The van der Waals surface area contributed by atoms with Gasteiger partial charge in [0.05, 0.1) is 6.10 Å². The Morgan fingerprint density at radius 2 is 2.24 bits per heavy atom. The first-order valence-electron chi connectivity index (χ1n) is 6.86. The molecule has 0 saturated carbocycles. The molecule has 1 aromatic carbocycles. The van der Waals surface area contributed by atoms with Crippen molar-refractivity contribution in [1.82, 2.24) is 10.1 Å². The topological polar surface area (TPSA) is 77.6 Å². The van der Waals surface area contributed by atoms with Crippen LogP contribution in [0.1, 0.15) is 43.7 Å². The van der Waals surface area contributed by atoms with Crippen LogP contribution in [0.3, 0.4) is 0 Å². The molecule has 6 nitrogen and oxygen atoms in total. The van der Waals surface area contributed by atoms with Gasteiger partial charge in [-0.05, 0) is 26.0 Å². The van der Waals surface area contributed by atoms with Crippen LogP contribution in [0, 0.1) is 6.92 Å². The molecule has 1 N–H and O–H groups in total. The van der Waals surface area contributed by atoms with Gasteiger partial charge in [0.1, 0.15) is 17.1 Å². The Hall–Kier alpha value is -2.08. The van der Waals surface area contributed by atoms with Crippen molar-refractivity contribution in [3.8, 4) is 11.5 Å². The predicted molar refractivity (Wildman–Crippen MR) is 74.1 cm³/mol. The standard InChI is InChI=1S/C15H18N2O4/c1-9-16-14(17-21-9)8-19-10-4-5-11-12(18)7-15(2,3)20-13(11)6-10/h4-6,12,18H,7-8H2,1-3H3. The van der Waals surface area contributed by atoms with Crippen molar-refractivity contribution in [1.29, 1.82) is 0 Å². The first kappa shape index (κ1) is 13.9. The van der Waals surface area contributed by atoms with Crippen molar-refractivity contribution in [3.05, 3.63) is 35.5 Å². The second-order valence-corrected chi connectivity index (χ2v) is 5.80. The third-order valence-electron chi connectivity index (χ3n) is 3.35. The molecule has 1 aromatic heterocycles. The van der Waals surface area contributed by atoms with Crippen LogP contribution in [0.4, 0.5) is 0 Å². The van der Waals surface area contributed by atoms with Crippen LogP contribution in [0.25, 0.3) is 0 Å². The molecule has 112 valence electrons. The molecule has 3 rings (SSSR count). The van der Waals surface area contributed by atoms with Gasteiger partial charge in [0, 0.05) is 25.0 Å². The van der Waals surface area contributed by atoms with E-state index in [1.807, 2.05) is 19.9 Å². The Bertz CT molecular complexity index is 651. The van der Waals surface area contributed by atoms with Crippen LogP contribution in [-0.4, -0.2) is 20.8 Å². The monoisotopic (exact) mass is 290 g/mol. The van der Waals surface area contributed by atoms with E-state index in [4.69, 9.17) is 14.0 Å². The van der Waals surface area contributed by atoms with Crippen molar-refractivity contribution >= 4 is 0 Å². The highest BCUT2D eigenvalue weighted by molar-refractivity contribution is 5.43. The number of hydrogen-bond acceptors (Lipinski definition) is 6. The van der Waals surface area contributed by atoms with Crippen LogP contribution in [0.15, 0.2) is 22.7 Å². The van der Waals surface area contributed by atoms with E-state index in [0.29, 0.717) is 29.6 Å². The minimum absolute atomic E-state index is 0.224. The second-order valence-electron chi connectivity index (χ2n) is 5.80.